The van der Waals surface area contributed by atoms with E-state index in [2.05, 4.69) is 0 Å². The number of thioether (sulfide) groups is 1. The molecule has 0 bridgehead atoms. The maximum atomic E-state index is 13.5. The number of nitrogens with zero attached hydrogens (tertiary/aromatic N) is 2. The van der Waals surface area contributed by atoms with E-state index in [0.717, 1.165) is 30.2 Å². The van der Waals surface area contributed by atoms with Crippen molar-refractivity contribution in [3.8, 4) is 0 Å². The van der Waals surface area contributed by atoms with E-state index in [-0.39, 0.29) is 17.8 Å². The van der Waals surface area contributed by atoms with Crippen molar-refractivity contribution in [3.05, 3.63) is 70.2 Å². The molecule has 3 nitrogen and oxygen atoms in total. The molecule has 0 spiro atoms. The minimum Gasteiger partial charge on any atom is -0.325 e. The molecular weight excluding hydrogens is 402 g/mol. The zero-order chi connectivity index (χ0) is 19.7. The van der Waals surface area contributed by atoms with Crippen LogP contribution in [0.4, 0.5) is 8.78 Å². The molecule has 1 saturated heterocycles. The molecule has 2 fully saturated rings. The van der Waals surface area contributed by atoms with Gasteiger partial charge in [0.2, 0.25) is 5.91 Å². The van der Waals surface area contributed by atoms with E-state index in [4.69, 9.17) is 11.6 Å². The third-order valence-corrected chi connectivity index (χ3v) is 6.68. The summed E-state index contributed by atoms with van der Waals surface area (Å²) >= 11 is 8.05. The predicted octanol–water partition coefficient (Wildman–Crippen LogP) is 4.86. The summed E-state index contributed by atoms with van der Waals surface area (Å²) in [6.45, 7) is 1.28. The fraction of sp³-hybridized carbons (Fsp3) is 0.381. The largest absolute Gasteiger partial charge is 0.325 e. The van der Waals surface area contributed by atoms with E-state index in [1.54, 1.807) is 11.8 Å². The van der Waals surface area contributed by atoms with Crippen molar-refractivity contribution in [3.63, 3.8) is 0 Å². The Morgan fingerprint density at radius 3 is 2.57 bits per heavy atom. The Bertz CT molecular complexity index is 857. The Kier molecular flexibility index (Phi) is 5.90. The summed E-state index contributed by atoms with van der Waals surface area (Å²) in [6.07, 6.45) is 2.02. The normalized spacial score (nSPS) is 19.4. The van der Waals surface area contributed by atoms with Gasteiger partial charge in [0.15, 0.2) is 0 Å². The topological polar surface area (TPSA) is 23.6 Å². The zero-order valence-corrected chi connectivity index (χ0v) is 16.9. The van der Waals surface area contributed by atoms with Crippen molar-refractivity contribution in [1.29, 1.82) is 0 Å². The molecule has 0 aromatic heterocycles. The first-order valence-electron chi connectivity index (χ1n) is 9.36. The fourth-order valence-corrected chi connectivity index (χ4v) is 5.23. The number of benzene rings is 2. The SMILES string of the molecule is O=C(CN(Cc1cc(F)cc(F)c1)C1CC1)N1CCS[C@@H]1c1ccccc1Cl. The van der Waals surface area contributed by atoms with Crippen LogP contribution in [0.3, 0.4) is 0 Å². The molecule has 148 valence electrons. The summed E-state index contributed by atoms with van der Waals surface area (Å²) in [5.74, 6) is -0.294. The Labute approximate surface area is 172 Å². The summed E-state index contributed by atoms with van der Waals surface area (Å²) in [5, 5.41) is 0.572. The van der Waals surface area contributed by atoms with Crippen molar-refractivity contribution in [2.75, 3.05) is 18.8 Å². The number of carbonyl (C=O) groups excluding carboxylic acids is 1. The molecule has 0 unspecified atom stereocenters. The van der Waals surface area contributed by atoms with Crippen LogP contribution in [-0.4, -0.2) is 40.6 Å². The molecule has 1 aliphatic carbocycles. The Morgan fingerprint density at radius 1 is 1.18 bits per heavy atom. The lowest BCUT2D eigenvalue weighted by molar-refractivity contribution is -0.132. The molecule has 7 heteroatoms. The van der Waals surface area contributed by atoms with E-state index in [1.165, 1.54) is 12.1 Å². The average molecular weight is 423 g/mol. The van der Waals surface area contributed by atoms with Gasteiger partial charge < -0.3 is 4.90 Å². The van der Waals surface area contributed by atoms with Gasteiger partial charge in [-0.25, -0.2) is 8.78 Å². The smallest absolute Gasteiger partial charge is 0.237 e. The first-order valence-corrected chi connectivity index (χ1v) is 10.8. The van der Waals surface area contributed by atoms with Crippen LogP contribution in [0.2, 0.25) is 5.02 Å². The fourth-order valence-electron chi connectivity index (χ4n) is 3.61. The second kappa shape index (κ2) is 8.39. The van der Waals surface area contributed by atoms with E-state index < -0.39 is 11.6 Å². The molecule has 4 rings (SSSR count). The molecular formula is C21H21ClF2N2OS. The average Bonchev–Trinajstić information content (AvgIpc) is 3.37. The standard InChI is InChI=1S/C21H21ClF2N2OS/c22-19-4-2-1-3-18(19)21-26(7-8-28-21)20(27)13-25(17-5-6-17)12-14-9-15(23)11-16(24)10-14/h1-4,9-11,17,21H,5-8,12-13H2/t21-/m1/s1. The van der Waals surface area contributed by atoms with Crippen LogP contribution in [-0.2, 0) is 11.3 Å². The minimum atomic E-state index is -0.591. The molecule has 28 heavy (non-hydrogen) atoms. The molecule has 2 aliphatic rings. The van der Waals surface area contributed by atoms with Gasteiger partial charge in [0.1, 0.15) is 17.0 Å². The van der Waals surface area contributed by atoms with Gasteiger partial charge in [0.25, 0.3) is 0 Å². The molecule has 2 aromatic carbocycles. The third kappa shape index (κ3) is 4.50. The third-order valence-electron chi connectivity index (χ3n) is 5.09. The molecule has 1 amide bonds. The highest BCUT2D eigenvalue weighted by atomic mass is 35.5. The second-order valence-corrected chi connectivity index (χ2v) is 8.84. The maximum absolute atomic E-state index is 13.5. The van der Waals surface area contributed by atoms with Crippen LogP contribution in [0, 0.1) is 11.6 Å². The lowest BCUT2D eigenvalue weighted by Crippen LogP contribution is -2.40. The van der Waals surface area contributed by atoms with Gasteiger partial charge in [-0.2, -0.15) is 0 Å². The van der Waals surface area contributed by atoms with E-state index in [1.807, 2.05) is 34.1 Å². The number of amides is 1. The maximum Gasteiger partial charge on any atom is 0.237 e. The lowest BCUT2D eigenvalue weighted by atomic mass is 10.2. The van der Waals surface area contributed by atoms with Gasteiger partial charge >= 0.3 is 0 Å². The minimum absolute atomic E-state index is 0.0266. The van der Waals surface area contributed by atoms with E-state index in [0.29, 0.717) is 29.7 Å². The second-order valence-electron chi connectivity index (χ2n) is 7.25. The highest BCUT2D eigenvalue weighted by molar-refractivity contribution is 7.99. The van der Waals surface area contributed by atoms with Crippen LogP contribution in [0.1, 0.15) is 29.3 Å². The van der Waals surface area contributed by atoms with Gasteiger partial charge in [-0.1, -0.05) is 29.8 Å². The molecule has 0 N–H and O–H groups in total. The van der Waals surface area contributed by atoms with Gasteiger partial charge in [0, 0.05) is 41.5 Å². The Balaban J connectivity index is 1.48. The van der Waals surface area contributed by atoms with Crippen molar-refractivity contribution in [2.45, 2.75) is 30.8 Å². The molecule has 2 aromatic rings. The molecule has 1 aliphatic heterocycles. The van der Waals surface area contributed by atoms with Crippen LogP contribution in [0.15, 0.2) is 42.5 Å². The summed E-state index contributed by atoms with van der Waals surface area (Å²) in [7, 11) is 0. The summed E-state index contributed by atoms with van der Waals surface area (Å²) in [4.78, 5) is 17.0. The van der Waals surface area contributed by atoms with Gasteiger partial charge in [0.05, 0.1) is 6.54 Å². The first-order chi connectivity index (χ1) is 13.5. The summed E-state index contributed by atoms with van der Waals surface area (Å²) < 4.78 is 27.1. The summed E-state index contributed by atoms with van der Waals surface area (Å²) in [6, 6.07) is 11.4. The molecule has 1 atom stereocenters. The highest BCUT2D eigenvalue weighted by Crippen LogP contribution is 2.41. The summed E-state index contributed by atoms with van der Waals surface area (Å²) in [5.41, 5.74) is 1.50. The lowest BCUT2D eigenvalue weighted by Gasteiger charge is -2.29. The van der Waals surface area contributed by atoms with Crippen LogP contribution >= 0.6 is 23.4 Å². The number of carbonyl (C=O) groups is 1. The number of rotatable bonds is 6. The highest BCUT2D eigenvalue weighted by Gasteiger charge is 2.36. The first kappa shape index (κ1) is 19.7. The molecule has 1 heterocycles. The quantitative estimate of drug-likeness (QED) is 0.664. The van der Waals surface area contributed by atoms with Crippen LogP contribution in [0.25, 0.3) is 0 Å². The Hall–Kier alpha value is -1.63. The number of halogens is 3. The van der Waals surface area contributed by atoms with Crippen molar-refractivity contribution in [1.82, 2.24) is 9.80 Å². The Morgan fingerprint density at radius 2 is 1.89 bits per heavy atom. The number of hydrogen-bond acceptors (Lipinski definition) is 3. The van der Waals surface area contributed by atoms with Crippen LogP contribution in [0.5, 0.6) is 0 Å². The van der Waals surface area contributed by atoms with Gasteiger partial charge in [-0.05, 0) is 36.6 Å². The molecule has 1 saturated carbocycles. The van der Waals surface area contributed by atoms with Crippen molar-refractivity contribution >= 4 is 29.3 Å². The van der Waals surface area contributed by atoms with Crippen LogP contribution < -0.4 is 0 Å². The monoisotopic (exact) mass is 422 g/mol. The van der Waals surface area contributed by atoms with E-state index >= 15 is 0 Å². The van der Waals surface area contributed by atoms with Crippen molar-refractivity contribution < 1.29 is 13.6 Å². The van der Waals surface area contributed by atoms with Crippen molar-refractivity contribution in [2.24, 2.45) is 0 Å². The zero-order valence-electron chi connectivity index (χ0n) is 15.3. The van der Waals surface area contributed by atoms with E-state index in [9.17, 15) is 13.6 Å². The number of hydrogen-bond donors (Lipinski definition) is 0. The predicted molar refractivity (Wildman–Crippen MR) is 108 cm³/mol. The van der Waals surface area contributed by atoms with Gasteiger partial charge in [-0.15, -0.1) is 11.8 Å². The van der Waals surface area contributed by atoms with Gasteiger partial charge in [-0.3, -0.25) is 9.69 Å². The molecule has 0 radical (unpaired) electrons.